The average Bonchev–Trinajstić information content (AvgIpc) is 3.03. The molecular formula is C22H34O6. The fourth-order valence-corrected chi connectivity index (χ4v) is 2.84. The molecule has 0 radical (unpaired) electrons. The van der Waals surface area contributed by atoms with Gasteiger partial charge < -0.3 is 25.2 Å². The van der Waals surface area contributed by atoms with E-state index in [4.69, 9.17) is 9.84 Å². The van der Waals surface area contributed by atoms with E-state index >= 15 is 0 Å². The number of aliphatic hydroxyl groups excluding tert-OH is 3. The van der Waals surface area contributed by atoms with Crippen LogP contribution in [-0.4, -0.2) is 56.9 Å². The highest BCUT2D eigenvalue weighted by atomic mass is 16.5. The zero-order valence-electron chi connectivity index (χ0n) is 16.6. The molecule has 0 bridgehead atoms. The molecule has 0 unspecified atom stereocenters. The summed E-state index contributed by atoms with van der Waals surface area (Å²) in [4.78, 5) is 10.4. The first-order valence-corrected chi connectivity index (χ1v) is 9.98. The van der Waals surface area contributed by atoms with E-state index in [1.807, 2.05) is 43.4 Å². The lowest BCUT2D eigenvalue weighted by Crippen LogP contribution is -2.25. The van der Waals surface area contributed by atoms with Crippen molar-refractivity contribution in [3.8, 4) is 0 Å². The van der Waals surface area contributed by atoms with E-state index in [1.54, 1.807) is 12.2 Å². The Kier molecular flexibility index (Phi) is 12.4. The van der Waals surface area contributed by atoms with E-state index in [0.29, 0.717) is 32.1 Å². The molecule has 28 heavy (non-hydrogen) atoms. The Labute approximate surface area is 167 Å². The third-order valence-corrected chi connectivity index (χ3v) is 4.42. The molecule has 1 rings (SSSR count). The molecule has 1 heterocycles. The Morgan fingerprint density at radius 1 is 1.11 bits per heavy atom. The van der Waals surface area contributed by atoms with Crippen molar-refractivity contribution in [1.82, 2.24) is 0 Å². The average molecular weight is 395 g/mol. The molecule has 6 heteroatoms. The van der Waals surface area contributed by atoms with Crippen molar-refractivity contribution in [3.63, 3.8) is 0 Å². The highest BCUT2D eigenvalue weighted by Crippen LogP contribution is 2.25. The zero-order chi connectivity index (χ0) is 20.8. The molecule has 0 spiro atoms. The Hall–Kier alpha value is -1.73. The van der Waals surface area contributed by atoms with Gasteiger partial charge in [0.05, 0.1) is 24.4 Å². The molecule has 0 aromatic rings. The Bertz CT molecular complexity index is 551. The normalized spacial score (nSPS) is 25.5. The molecular weight excluding hydrogens is 360 g/mol. The molecule has 4 N–H and O–H groups in total. The Morgan fingerprint density at radius 3 is 2.54 bits per heavy atom. The first-order valence-electron chi connectivity index (χ1n) is 9.98. The van der Waals surface area contributed by atoms with Gasteiger partial charge in [-0.1, -0.05) is 55.5 Å². The van der Waals surface area contributed by atoms with Crippen molar-refractivity contribution in [2.24, 2.45) is 0 Å². The summed E-state index contributed by atoms with van der Waals surface area (Å²) in [6, 6.07) is 0. The number of allylic oxidation sites excluding steroid dienone is 4. The van der Waals surface area contributed by atoms with Crippen molar-refractivity contribution < 1.29 is 30.0 Å². The highest BCUT2D eigenvalue weighted by Gasteiger charge is 2.35. The molecule has 0 aromatic heterocycles. The molecule has 5 atom stereocenters. The number of ether oxygens (including phenoxy) is 1. The molecule has 6 nitrogen and oxygen atoms in total. The van der Waals surface area contributed by atoms with Gasteiger partial charge in [-0.15, -0.1) is 0 Å². The van der Waals surface area contributed by atoms with Gasteiger partial charge in [-0.3, -0.25) is 4.79 Å². The lowest BCUT2D eigenvalue weighted by atomic mass is 10.0. The molecule has 0 aromatic carbocycles. The van der Waals surface area contributed by atoms with Crippen LogP contribution in [0.25, 0.3) is 0 Å². The third-order valence-electron chi connectivity index (χ3n) is 4.42. The maximum atomic E-state index is 10.4. The number of hydrogen-bond donors (Lipinski definition) is 4. The smallest absolute Gasteiger partial charge is 0.303 e. The predicted octanol–water partition coefficient (Wildman–Crippen LogP) is 2.90. The van der Waals surface area contributed by atoms with E-state index in [9.17, 15) is 20.1 Å². The minimum absolute atomic E-state index is 0.131. The second-order valence-electron chi connectivity index (χ2n) is 6.92. The molecule has 1 aliphatic heterocycles. The van der Waals surface area contributed by atoms with Gasteiger partial charge in [-0.25, -0.2) is 0 Å². The summed E-state index contributed by atoms with van der Waals surface area (Å²) in [5.41, 5.74) is 0. The first kappa shape index (κ1) is 24.3. The standard InChI is InChI=1S/C22H34O6/c1-2-3-8-12-18(24)21-16-19(25)20(28-21)15-14-17(23)11-9-6-4-5-7-10-13-22(26)27/h3,5-9,14-15,17-21,23-25H,2,4,10-13,16H2,1H3,(H,26,27)/b7-5-,8-3-,9-6-,15-14+/t17-,18+,19-,20+,21-/m0/s1. The molecule has 1 saturated heterocycles. The van der Waals surface area contributed by atoms with E-state index in [1.165, 1.54) is 0 Å². The summed E-state index contributed by atoms with van der Waals surface area (Å²) in [6.45, 7) is 2.03. The maximum absolute atomic E-state index is 10.4. The molecule has 158 valence electrons. The highest BCUT2D eigenvalue weighted by molar-refractivity contribution is 5.66. The summed E-state index contributed by atoms with van der Waals surface area (Å²) in [5.74, 6) is -0.805. The Balaban J connectivity index is 2.29. The van der Waals surface area contributed by atoms with Crippen LogP contribution in [-0.2, 0) is 9.53 Å². The maximum Gasteiger partial charge on any atom is 0.303 e. The fourth-order valence-electron chi connectivity index (χ4n) is 2.84. The lowest BCUT2D eigenvalue weighted by molar-refractivity contribution is -0.136. The second kappa shape index (κ2) is 14.3. The van der Waals surface area contributed by atoms with Gasteiger partial charge in [0.25, 0.3) is 0 Å². The van der Waals surface area contributed by atoms with E-state index < -0.39 is 36.5 Å². The van der Waals surface area contributed by atoms with Crippen molar-refractivity contribution in [2.45, 2.75) is 82.4 Å². The number of hydrogen-bond acceptors (Lipinski definition) is 5. The van der Waals surface area contributed by atoms with Crippen LogP contribution < -0.4 is 0 Å². The molecule has 0 amide bonds. The molecule has 1 fully saturated rings. The third kappa shape index (κ3) is 10.6. The topological polar surface area (TPSA) is 107 Å². The second-order valence-corrected chi connectivity index (χ2v) is 6.92. The van der Waals surface area contributed by atoms with Crippen LogP contribution in [0.4, 0.5) is 0 Å². The number of rotatable bonds is 13. The quantitative estimate of drug-likeness (QED) is 0.358. The van der Waals surface area contributed by atoms with Crippen LogP contribution in [0, 0.1) is 0 Å². The van der Waals surface area contributed by atoms with Crippen molar-refractivity contribution in [2.75, 3.05) is 0 Å². The fraction of sp³-hybridized carbons (Fsp3) is 0.591. The van der Waals surface area contributed by atoms with Gasteiger partial charge in [0, 0.05) is 12.8 Å². The van der Waals surface area contributed by atoms with Crippen LogP contribution in [0.5, 0.6) is 0 Å². The van der Waals surface area contributed by atoms with Crippen molar-refractivity contribution in [1.29, 1.82) is 0 Å². The monoisotopic (exact) mass is 394 g/mol. The predicted molar refractivity (Wildman–Crippen MR) is 109 cm³/mol. The number of carbonyl (C=O) groups is 1. The molecule has 0 aliphatic carbocycles. The van der Waals surface area contributed by atoms with Crippen molar-refractivity contribution >= 4 is 5.97 Å². The summed E-state index contributed by atoms with van der Waals surface area (Å²) in [7, 11) is 0. The van der Waals surface area contributed by atoms with Gasteiger partial charge in [-0.05, 0) is 32.1 Å². The summed E-state index contributed by atoms with van der Waals surface area (Å²) in [6.07, 6.45) is 15.3. The largest absolute Gasteiger partial charge is 0.481 e. The van der Waals surface area contributed by atoms with Crippen LogP contribution in [0.3, 0.4) is 0 Å². The van der Waals surface area contributed by atoms with Gasteiger partial charge in [-0.2, -0.15) is 0 Å². The first-order chi connectivity index (χ1) is 13.4. The van der Waals surface area contributed by atoms with Crippen LogP contribution >= 0.6 is 0 Å². The minimum atomic E-state index is -0.805. The van der Waals surface area contributed by atoms with Gasteiger partial charge >= 0.3 is 5.97 Å². The van der Waals surface area contributed by atoms with Crippen LogP contribution in [0.2, 0.25) is 0 Å². The van der Waals surface area contributed by atoms with Gasteiger partial charge in [0.15, 0.2) is 0 Å². The van der Waals surface area contributed by atoms with E-state index in [0.717, 1.165) is 6.42 Å². The number of carboxylic acids is 1. The van der Waals surface area contributed by atoms with Gasteiger partial charge in [0.1, 0.15) is 6.10 Å². The summed E-state index contributed by atoms with van der Waals surface area (Å²) in [5, 5.41) is 38.8. The lowest BCUT2D eigenvalue weighted by Gasteiger charge is -2.16. The number of aliphatic carboxylic acids is 1. The number of carboxylic acid groups (broad SMARTS) is 1. The summed E-state index contributed by atoms with van der Waals surface area (Å²) < 4.78 is 5.71. The van der Waals surface area contributed by atoms with Crippen LogP contribution in [0.15, 0.2) is 48.6 Å². The minimum Gasteiger partial charge on any atom is -0.481 e. The molecule has 0 saturated carbocycles. The van der Waals surface area contributed by atoms with Gasteiger partial charge in [0.2, 0.25) is 0 Å². The van der Waals surface area contributed by atoms with Crippen molar-refractivity contribution in [3.05, 3.63) is 48.6 Å². The Morgan fingerprint density at radius 2 is 1.82 bits per heavy atom. The number of aliphatic hydroxyl groups is 3. The van der Waals surface area contributed by atoms with E-state index in [-0.39, 0.29) is 6.42 Å². The molecule has 1 aliphatic rings. The van der Waals surface area contributed by atoms with Crippen LogP contribution in [0.1, 0.15) is 51.9 Å². The zero-order valence-corrected chi connectivity index (χ0v) is 16.6. The summed E-state index contributed by atoms with van der Waals surface area (Å²) >= 11 is 0. The van der Waals surface area contributed by atoms with E-state index in [2.05, 4.69) is 0 Å². The SMILES string of the molecule is CC/C=C\C[C@@H](O)[C@@H]1C[C@H](O)[C@@H](/C=C/[C@@H](O)C/C=C\C/C=C\CCC(=O)O)O1.